The largest absolute Gasteiger partial charge is 0.399 e. The quantitative estimate of drug-likeness (QED) is 0.696. The van der Waals surface area contributed by atoms with Gasteiger partial charge in [-0.25, -0.2) is 0 Å². The Balaban J connectivity index is 2.74. The minimum Gasteiger partial charge on any atom is -0.399 e. The topological polar surface area (TPSA) is 75.4 Å². The van der Waals surface area contributed by atoms with Gasteiger partial charge < -0.3 is 16.2 Å². The Morgan fingerprint density at radius 2 is 2.06 bits per heavy atom. The molecule has 0 saturated carbocycles. The van der Waals surface area contributed by atoms with E-state index in [1.807, 2.05) is 13.0 Å². The number of rotatable bonds is 5. The minimum atomic E-state index is -0.209. The molecule has 100 valence electrons. The third-order valence-electron chi connectivity index (χ3n) is 2.67. The van der Waals surface area contributed by atoms with Gasteiger partial charge in [0.05, 0.1) is 12.6 Å². The van der Waals surface area contributed by atoms with Gasteiger partial charge in [-0.05, 0) is 43.0 Å². The molecule has 0 fully saturated rings. The molecule has 4 heteroatoms. The number of nitrogens with one attached hydrogen (secondary N) is 1. The van der Waals surface area contributed by atoms with Gasteiger partial charge in [-0.3, -0.25) is 4.79 Å². The molecule has 1 amide bonds. The highest BCUT2D eigenvalue weighted by molar-refractivity contribution is 5.95. The van der Waals surface area contributed by atoms with E-state index < -0.39 is 0 Å². The summed E-state index contributed by atoms with van der Waals surface area (Å²) in [6, 6.07) is 5.04. The van der Waals surface area contributed by atoms with Gasteiger partial charge in [-0.1, -0.05) is 13.8 Å². The molecule has 1 unspecified atom stereocenters. The highest BCUT2D eigenvalue weighted by atomic mass is 16.3. The van der Waals surface area contributed by atoms with E-state index in [9.17, 15) is 9.90 Å². The molecule has 18 heavy (non-hydrogen) atoms. The van der Waals surface area contributed by atoms with E-state index in [0.717, 1.165) is 12.0 Å². The highest BCUT2D eigenvalue weighted by Crippen LogP contribution is 2.12. The Labute approximate surface area is 108 Å². The lowest BCUT2D eigenvalue weighted by atomic mass is 10.0. The molecule has 0 heterocycles. The third-order valence-corrected chi connectivity index (χ3v) is 2.67. The second kappa shape index (κ2) is 6.40. The zero-order chi connectivity index (χ0) is 13.7. The van der Waals surface area contributed by atoms with E-state index in [4.69, 9.17) is 5.73 Å². The lowest BCUT2D eigenvalue weighted by molar-refractivity contribution is 0.0908. The summed E-state index contributed by atoms with van der Waals surface area (Å²) in [6.45, 7) is 5.95. The van der Waals surface area contributed by atoms with Crippen molar-refractivity contribution in [2.24, 2.45) is 5.92 Å². The van der Waals surface area contributed by atoms with Crippen LogP contribution in [-0.4, -0.2) is 23.7 Å². The molecule has 0 aromatic heterocycles. The Kier molecular flexibility index (Phi) is 5.16. The van der Waals surface area contributed by atoms with Crippen molar-refractivity contribution in [3.63, 3.8) is 0 Å². The van der Waals surface area contributed by atoms with Crippen LogP contribution in [-0.2, 0) is 0 Å². The lowest BCUT2D eigenvalue weighted by Gasteiger charge is -2.18. The predicted octanol–water partition coefficient (Wildman–Crippen LogP) is 1.71. The Morgan fingerprint density at radius 1 is 1.39 bits per heavy atom. The molecule has 0 radical (unpaired) electrons. The molecule has 1 aromatic rings. The molecule has 0 aliphatic heterocycles. The zero-order valence-electron chi connectivity index (χ0n) is 11.2. The van der Waals surface area contributed by atoms with Crippen molar-refractivity contribution in [2.75, 3.05) is 12.3 Å². The minimum absolute atomic E-state index is 0.0504. The van der Waals surface area contributed by atoms with Crippen molar-refractivity contribution in [1.82, 2.24) is 5.32 Å². The first-order valence-electron chi connectivity index (χ1n) is 6.21. The van der Waals surface area contributed by atoms with Crippen molar-refractivity contribution in [3.8, 4) is 0 Å². The Morgan fingerprint density at radius 3 is 2.56 bits per heavy atom. The number of aryl methyl sites for hydroxylation is 1. The maximum Gasteiger partial charge on any atom is 0.251 e. The first kappa shape index (κ1) is 14.5. The van der Waals surface area contributed by atoms with Crippen molar-refractivity contribution < 1.29 is 9.90 Å². The molecule has 4 nitrogen and oxygen atoms in total. The Bertz CT molecular complexity index is 396. The zero-order valence-corrected chi connectivity index (χ0v) is 11.2. The van der Waals surface area contributed by atoms with Crippen LogP contribution in [0, 0.1) is 12.8 Å². The third kappa shape index (κ3) is 4.37. The SMILES string of the molecule is Cc1cc(N)cc(C(=O)NC(CO)CC(C)C)c1. The summed E-state index contributed by atoms with van der Waals surface area (Å²) in [6.07, 6.45) is 0.754. The van der Waals surface area contributed by atoms with Crippen LogP contribution in [0.5, 0.6) is 0 Å². The van der Waals surface area contributed by atoms with E-state index in [2.05, 4.69) is 19.2 Å². The van der Waals surface area contributed by atoms with Crippen LogP contribution in [0.4, 0.5) is 5.69 Å². The number of hydrogen-bond donors (Lipinski definition) is 3. The number of aliphatic hydroxyl groups is 1. The first-order valence-corrected chi connectivity index (χ1v) is 6.21. The average Bonchev–Trinajstić information content (AvgIpc) is 2.26. The summed E-state index contributed by atoms with van der Waals surface area (Å²) in [5.74, 6) is 0.232. The fourth-order valence-corrected chi connectivity index (χ4v) is 1.96. The Hall–Kier alpha value is -1.55. The first-order chi connectivity index (χ1) is 8.42. The van der Waals surface area contributed by atoms with Crippen molar-refractivity contribution in [1.29, 1.82) is 0 Å². The van der Waals surface area contributed by atoms with Gasteiger partial charge in [-0.2, -0.15) is 0 Å². The van der Waals surface area contributed by atoms with Gasteiger partial charge in [0.1, 0.15) is 0 Å². The molecule has 0 saturated heterocycles. The molecule has 0 bridgehead atoms. The van der Waals surface area contributed by atoms with Crippen LogP contribution in [0.15, 0.2) is 18.2 Å². The number of hydrogen-bond acceptors (Lipinski definition) is 3. The fourth-order valence-electron chi connectivity index (χ4n) is 1.96. The molecule has 4 N–H and O–H groups in total. The van der Waals surface area contributed by atoms with Crippen molar-refractivity contribution >= 4 is 11.6 Å². The molecule has 1 aromatic carbocycles. The maximum absolute atomic E-state index is 12.0. The van der Waals surface area contributed by atoms with Gasteiger partial charge in [0.15, 0.2) is 0 Å². The van der Waals surface area contributed by atoms with Crippen LogP contribution < -0.4 is 11.1 Å². The summed E-state index contributed by atoms with van der Waals surface area (Å²) in [4.78, 5) is 12.0. The van der Waals surface area contributed by atoms with Crippen molar-refractivity contribution in [2.45, 2.75) is 33.2 Å². The fraction of sp³-hybridized carbons (Fsp3) is 0.500. The second-order valence-electron chi connectivity index (χ2n) is 5.11. The van der Waals surface area contributed by atoms with Crippen molar-refractivity contribution in [3.05, 3.63) is 29.3 Å². The van der Waals surface area contributed by atoms with E-state index in [-0.39, 0.29) is 18.6 Å². The van der Waals surface area contributed by atoms with Gasteiger partial charge in [0, 0.05) is 11.3 Å². The normalized spacial score (nSPS) is 12.5. The van der Waals surface area contributed by atoms with Gasteiger partial charge in [0.2, 0.25) is 0 Å². The predicted molar refractivity (Wildman–Crippen MR) is 73.4 cm³/mol. The number of nitrogens with two attached hydrogens (primary N) is 1. The number of anilines is 1. The molecular weight excluding hydrogens is 228 g/mol. The monoisotopic (exact) mass is 250 g/mol. The lowest BCUT2D eigenvalue weighted by Crippen LogP contribution is -2.38. The molecule has 0 spiro atoms. The summed E-state index contributed by atoms with van der Waals surface area (Å²) < 4.78 is 0. The smallest absolute Gasteiger partial charge is 0.251 e. The van der Waals surface area contributed by atoms with Crippen LogP contribution in [0.25, 0.3) is 0 Å². The van der Waals surface area contributed by atoms with E-state index >= 15 is 0 Å². The summed E-state index contributed by atoms with van der Waals surface area (Å²) in [5, 5.41) is 12.1. The standard InChI is InChI=1S/C14H22N2O2/c1-9(2)4-13(8-17)16-14(18)11-5-10(3)6-12(15)7-11/h5-7,9,13,17H,4,8,15H2,1-3H3,(H,16,18). The van der Waals surface area contributed by atoms with Crippen LogP contribution in [0.1, 0.15) is 36.2 Å². The van der Waals surface area contributed by atoms with Gasteiger partial charge >= 0.3 is 0 Å². The van der Waals surface area contributed by atoms with E-state index in [1.165, 1.54) is 0 Å². The second-order valence-corrected chi connectivity index (χ2v) is 5.11. The molecular formula is C14H22N2O2. The number of benzene rings is 1. The molecule has 1 rings (SSSR count). The van der Waals surface area contributed by atoms with E-state index in [1.54, 1.807) is 12.1 Å². The van der Waals surface area contributed by atoms with Crippen LogP contribution in [0.3, 0.4) is 0 Å². The molecule has 1 atom stereocenters. The number of nitrogen functional groups attached to an aromatic ring is 1. The summed E-state index contributed by atoms with van der Waals surface area (Å²) in [5.41, 5.74) is 7.77. The molecule has 0 aliphatic rings. The maximum atomic E-state index is 12.0. The summed E-state index contributed by atoms with van der Waals surface area (Å²) >= 11 is 0. The number of amides is 1. The number of carbonyl (C=O) groups excluding carboxylic acids is 1. The highest BCUT2D eigenvalue weighted by Gasteiger charge is 2.14. The van der Waals surface area contributed by atoms with Gasteiger partial charge in [0.25, 0.3) is 5.91 Å². The van der Waals surface area contributed by atoms with Gasteiger partial charge in [-0.15, -0.1) is 0 Å². The number of carbonyl (C=O) groups is 1. The van der Waals surface area contributed by atoms with Crippen LogP contribution >= 0.6 is 0 Å². The summed E-state index contributed by atoms with van der Waals surface area (Å²) in [7, 11) is 0. The molecule has 0 aliphatic carbocycles. The van der Waals surface area contributed by atoms with E-state index in [0.29, 0.717) is 17.2 Å². The average molecular weight is 250 g/mol. The number of aliphatic hydroxyl groups excluding tert-OH is 1. The van der Waals surface area contributed by atoms with Crippen LogP contribution in [0.2, 0.25) is 0 Å².